The predicted molar refractivity (Wildman–Crippen MR) is 117 cm³/mol. The molecule has 0 bridgehead atoms. The summed E-state index contributed by atoms with van der Waals surface area (Å²) in [5, 5.41) is 4.46. The fraction of sp³-hybridized carbons (Fsp3) is 0.182. The molecule has 0 saturated heterocycles. The summed E-state index contributed by atoms with van der Waals surface area (Å²) in [4.78, 5) is 0. The Bertz CT molecular complexity index is 934. The van der Waals surface area contributed by atoms with Crippen molar-refractivity contribution in [2.45, 2.75) is 19.6 Å². The summed E-state index contributed by atoms with van der Waals surface area (Å²) in [7, 11) is 0. The first-order valence-corrected chi connectivity index (χ1v) is 10.4. The molecule has 0 amide bonds. The zero-order chi connectivity index (χ0) is 19.9. The van der Waals surface area contributed by atoms with Gasteiger partial charge < -0.3 is 10.1 Å². The van der Waals surface area contributed by atoms with Crippen molar-refractivity contribution in [1.82, 2.24) is 5.32 Å². The average Bonchev–Trinajstić information content (AvgIpc) is 2.68. The topological polar surface area (TPSA) is 21.3 Å². The van der Waals surface area contributed by atoms with Gasteiger partial charge in [0.05, 0.1) is 10.0 Å². The Hall–Kier alpha value is -1.59. The van der Waals surface area contributed by atoms with Crippen LogP contribution >= 0.6 is 39.1 Å². The van der Waals surface area contributed by atoms with Gasteiger partial charge in [-0.25, -0.2) is 4.39 Å². The van der Waals surface area contributed by atoms with Gasteiger partial charge >= 0.3 is 0 Å². The first-order chi connectivity index (χ1) is 13.5. The van der Waals surface area contributed by atoms with Gasteiger partial charge in [0.2, 0.25) is 0 Å². The van der Waals surface area contributed by atoms with E-state index < -0.39 is 0 Å². The van der Waals surface area contributed by atoms with Crippen molar-refractivity contribution in [2.24, 2.45) is 0 Å². The number of hydrogen-bond acceptors (Lipinski definition) is 2. The van der Waals surface area contributed by atoms with E-state index in [1.807, 2.05) is 42.5 Å². The monoisotopic (exact) mass is 481 g/mol. The summed E-state index contributed by atoms with van der Waals surface area (Å²) in [5.74, 6) is 0.596. The molecule has 0 aliphatic heterocycles. The van der Waals surface area contributed by atoms with Crippen molar-refractivity contribution in [1.29, 1.82) is 0 Å². The molecule has 0 aliphatic carbocycles. The van der Waals surface area contributed by atoms with Crippen molar-refractivity contribution < 1.29 is 9.13 Å². The lowest BCUT2D eigenvalue weighted by Crippen LogP contribution is -2.17. The Labute approximate surface area is 182 Å². The minimum Gasteiger partial charge on any atom is -0.489 e. The highest BCUT2D eigenvalue weighted by Crippen LogP contribution is 2.26. The minimum absolute atomic E-state index is 0.213. The molecule has 1 N–H and O–H groups in total. The first-order valence-electron chi connectivity index (χ1n) is 8.81. The van der Waals surface area contributed by atoms with Crippen LogP contribution in [0.5, 0.6) is 5.75 Å². The quantitative estimate of drug-likeness (QED) is 0.356. The van der Waals surface area contributed by atoms with Gasteiger partial charge in [0.25, 0.3) is 0 Å². The van der Waals surface area contributed by atoms with E-state index in [2.05, 4.69) is 21.2 Å². The highest BCUT2D eigenvalue weighted by Gasteiger charge is 2.07. The van der Waals surface area contributed by atoms with Gasteiger partial charge in [0.15, 0.2) is 0 Å². The molecule has 2 nitrogen and oxygen atoms in total. The summed E-state index contributed by atoms with van der Waals surface area (Å²) in [6.45, 7) is 1.85. The van der Waals surface area contributed by atoms with Crippen LogP contribution in [0.2, 0.25) is 10.0 Å². The summed E-state index contributed by atoms with van der Waals surface area (Å²) in [6.07, 6.45) is 0.827. The summed E-state index contributed by atoms with van der Waals surface area (Å²) >= 11 is 15.5. The second-order valence-electron chi connectivity index (χ2n) is 6.34. The zero-order valence-corrected chi connectivity index (χ0v) is 18.1. The first kappa shape index (κ1) is 21.1. The molecule has 0 heterocycles. The summed E-state index contributed by atoms with van der Waals surface area (Å²) in [5.41, 5.74) is 3.10. The van der Waals surface area contributed by atoms with Gasteiger partial charge in [-0.2, -0.15) is 0 Å². The fourth-order valence-corrected chi connectivity index (χ4v) is 3.45. The summed E-state index contributed by atoms with van der Waals surface area (Å²) in [6, 6.07) is 18.0. The lowest BCUT2D eigenvalue weighted by Gasteiger charge is -2.13. The Morgan fingerprint density at radius 3 is 2.39 bits per heavy atom. The molecule has 0 spiro atoms. The number of nitrogens with one attached hydrogen (secondary N) is 1. The second kappa shape index (κ2) is 10.3. The molecular weight excluding hydrogens is 464 g/mol. The highest BCUT2D eigenvalue weighted by atomic mass is 79.9. The Balaban J connectivity index is 1.57. The third-order valence-electron chi connectivity index (χ3n) is 4.22. The normalized spacial score (nSPS) is 10.9. The number of rotatable bonds is 8. The molecule has 6 heteroatoms. The van der Waals surface area contributed by atoms with Crippen LogP contribution in [-0.2, 0) is 19.6 Å². The van der Waals surface area contributed by atoms with Crippen LogP contribution in [0.25, 0.3) is 0 Å². The molecule has 3 rings (SSSR count). The van der Waals surface area contributed by atoms with Crippen LogP contribution < -0.4 is 10.1 Å². The molecule has 0 atom stereocenters. The third-order valence-corrected chi connectivity index (χ3v) is 5.45. The Kier molecular flexibility index (Phi) is 7.74. The molecule has 0 radical (unpaired) electrons. The molecule has 0 fully saturated rings. The minimum atomic E-state index is -0.213. The largest absolute Gasteiger partial charge is 0.489 e. The number of ether oxygens (including phenoxy) is 1. The molecule has 28 heavy (non-hydrogen) atoms. The van der Waals surface area contributed by atoms with E-state index in [-0.39, 0.29) is 5.82 Å². The van der Waals surface area contributed by atoms with Gasteiger partial charge in [-0.1, -0.05) is 57.3 Å². The molecule has 3 aromatic rings. The lowest BCUT2D eigenvalue weighted by atomic mass is 10.1. The Morgan fingerprint density at radius 1 is 0.893 bits per heavy atom. The molecule has 146 valence electrons. The van der Waals surface area contributed by atoms with Gasteiger partial charge in [-0.05, 0) is 66.6 Å². The molecule has 3 aromatic carbocycles. The molecule has 0 aromatic heterocycles. The molecule has 0 saturated carbocycles. The van der Waals surface area contributed by atoms with E-state index in [9.17, 15) is 4.39 Å². The van der Waals surface area contributed by atoms with E-state index in [1.165, 1.54) is 12.1 Å². The number of halogens is 4. The summed E-state index contributed by atoms with van der Waals surface area (Å²) < 4.78 is 20.0. The van der Waals surface area contributed by atoms with Gasteiger partial charge in [-0.3, -0.25) is 0 Å². The van der Waals surface area contributed by atoms with Crippen LogP contribution in [0.4, 0.5) is 4.39 Å². The van der Waals surface area contributed by atoms with Crippen LogP contribution in [-0.4, -0.2) is 6.54 Å². The number of hydrogen-bond donors (Lipinski definition) is 1. The zero-order valence-electron chi connectivity index (χ0n) is 15.0. The second-order valence-corrected chi connectivity index (χ2v) is 8.07. The third kappa shape index (κ3) is 6.21. The van der Waals surface area contributed by atoms with Crippen molar-refractivity contribution in [3.05, 3.63) is 97.7 Å². The highest BCUT2D eigenvalue weighted by molar-refractivity contribution is 9.10. The van der Waals surface area contributed by atoms with Crippen molar-refractivity contribution in [2.75, 3.05) is 6.54 Å². The van der Waals surface area contributed by atoms with Crippen LogP contribution in [0.3, 0.4) is 0 Å². The predicted octanol–water partition coefficient (Wildman–Crippen LogP) is 6.81. The maximum absolute atomic E-state index is 13.0. The van der Waals surface area contributed by atoms with Crippen LogP contribution in [0.1, 0.15) is 16.7 Å². The maximum atomic E-state index is 13.0. The van der Waals surface area contributed by atoms with Crippen molar-refractivity contribution in [3.8, 4) is 5.75 Å². The van der Waals surface area contributed by atoms with Gasteiger partial charge in [0.1, 0.15) is 18.2 Å². The lowest BCUT2D eigenvalue weighted by molar-refractivity contribution is 0.302. The average molecular weight is 483 g/mol. The van der Waals surface area contributed by atoms with Gasteiger partial charge in [0, 0.05) is 16.6 Å². The number of benzene rings is 3. The van der Waals surface area contributed by atoms with Gasteiger partial charge in [-0.15, -0.1) is 0 Å². The van der Waals surface area contributed by atoms with E-state index in [0.717, 1.165) is 39.9 Å². The molecule has 0 aliphatic rings. The smallest absolute Gasteiger partial charge is 0.124 e. The van der Waals surface area contributed by atoms with Crippen LogP contribution in [0.15, 0.2) is 65.1 Å². The Morgan fingerprint density at radius 2 is 1.64 bits per heavy atom. The SMILES string of the molecule is Fc1ccc(CCNCc2cc(Br)ccc2OCc2ccc(Cl)c(Cl)c2)cc1. The van der Waals surface area contributed by atoms with Crippen molar-refractivity contribution in [3.63, 3.8) is 0 Å². The molecule has 0 unspecified atom stereocenters. The van der Waals surface area contributed by atoms with E-state index in [0.29, 0.717) is 23.2 Å². The van der Waals surface area contributed by atoms with E-state index >= 15 is 0 Å². The standard InChI is InChI=1S/C22H19BrCl2FNO/c23-18-4-8-22(28-14-16-3-7-20(24)21(25)11-16)17(12-18)13-27-10-9-15-1-5-19(26)6-2-15/h1-8,11-12,27H,9-10,13-14H2. The van der Waals surface area contributed by atoms with E-state index in [4.69, 9.17) is 27.9 Å². The maximum Gasteiger partial charge on any atom is 0.124 e. The molecular formula is C22H19BrCl2FNO. The fourth-order valence-electron chi connectivity index (χ4n) is 2.72. The van der Waals surface area contributed by atoms with Crippen LogP contribution in [0, 0.1) is 5.82 Å². The van der Waals surface area contributed by atoms with Crippen molar-refractivity contribution >= 4 is 39.1 Å². The van der Waals surface area contributed by atoms with E-state index in [1.54, 1.807) is 6.07 Å².